The number of isocyanates is 1. The van der Waals surface area contributed by atoms with E-state index in [-0.39, 0.29) is 6.42 Å². The molecule has 0 bridgehead atoms. The Morgan fingerprint density at radius 2 is 2.20 bits per heavy atom. The first-order chi connectivity index (χ1) is 7.06. The lowest BCUT2D eigenvalue weighted by Gasteiger charge is -1.98. The van der Waals surface area contributed by atoms with E-state index in [0.29, 0.717) is 6.42 Å². The summed E-state index contributed by atoms with van der Waals surface area (Å²) >= 11 is 0. The van der Waals surface area contributed by atoms with Gasteiger partial charge in [0.2, 0.25) is 6.08 Å². The molecule has 0 atom stereocenters. The molecule has 5 nitrogen and oxygen atoms in total. The molecule has 15 heavy (non-hydrogen) atoms. The van der Waals surface area contributed by atoms with Crippen molar-refractivity contribution >= 4 is 12.0 Å². The van der Waals surface area contributed by atoms with Crippen LogP contribution in [0.4, 0.5) is 0 Å². The summed E-state index contributed by atoms with van der Waals surface area (Å²) in [7, 11) is 1.86. The van der Waals surface area contributed by atoms with Crippen molar-refractivity contribution in [2.24, 2.45) is 12.0 Å². The van der Waals surface area contributed by atoms with Crippen molar-refractivity contribution in [2.45, 2.75) is 26.7 Å². The highest BCUT2D eigenvalue weighted by Gasteiger charge is 2.10. The molecular formula is C10H13N3O2. The minimum absolute atomic E-state index is 0.225. The molecule has 1 amide bonds. The summed E-state index contributed by atoms with van der Waals surface area (Å²) in [6.07, 6.45) is 2.03. The fourth-order valence-electron chi connectivity index (χ4n) is 1.52. The molecule has 1 aromatic rings. The maximum Gasteiger partial charge on any atom is 0.256 e. The molecule has 0 saturated heterocycles. The van der Waals surface area contributed by atoms with Crippen LogP contribution in [-0.4, -0.2) is 21.8 Å². The zero-order chi connectivity index (χ0) is 11.4. The van der Waals surface area contributed by atoms with Gasteiger partial charge < -0.3 is 0 Å². The molecule has 0 saturated carbocycles. The second-order valence-electron chi connectivity index (χ2n) is 3.37. The van der Waals surface area contributed by atoms with Crippen LogP contribution >= 0.6 is 0 Å². The second kappa shape index (κ2) is 4.66. The Morgan fingerprint density at radius 1 is 1.53 bits per heavy atom. The zero-order valence-electron chi connectivity index (χ0n) is 9.07. The number of nitrogens with zero attached hydrogens (tertiary/aromatic N) is 3. The molecule has 5 heteroatoms. The lowest BCUT2D eigenvalue weighted by atomic mass is 10.1. The van der Waals surface area contributed by atoms with Crippen molar-refractivity contribution in [3.05, 3.63) is 17.0 Å². The van der Waals surface area contributed by atoms with E-state index in [1.807, 2.05) is 20.9 Å². The number of amides is 1. The molecule has 0 aromatic carbocycles. The van der Waals surface area contributed by atoms with Crippen LogP contribution < -0.4 is 0 Å². The van der Waals surface area contributed by atoms with Gasteiger partial charge in [0.25, 0.3) is 5.91 Å². The highest BCUT2D eigenvalue weighted by molar-refractivity contribution is 5.81. The maximum absolute atomic E-state index is 11.0. The van der Waals surface area contributed by atoms with Gasteiger partial charge in [-0.25, -0.2) is 4.79 Å². The van der Waals surface area contributed by atoms with Gasteiger partial charge in [-0.2, -0.15) is 5.10 Å². The SMILES string of the molecule is Cc1nn(C)c(C)c1CCC(=O)N=C=O. The lowest BCUT2D eigenvalue weighted by molar-refractivity contribution is -0.117. The van der Waals surface area contributed by atoms with E-state index < -0.39 is 5.91 Å². The van der Waals surface area contributed by atoms with Crippen molar-refractivity contribution in [3.8, 4) is 0 Å². The molecule has 0 aliphatic rings. The number of aliphatic imine (C=N–C) groups is 1. The molecular weight excluding hydrogens is 194 g/mol. The Morgan fingerprint density at radius 3 is 2.67 bits per heavy atom. The Hall–Kier alpha value is -1.74. The minimum Gasteiger partial charge on any atom is -0.272 e. The van der Waals surface area contributed by atoms with Crippen LogP contribution in [-0.2, 0) is 23.1 Å². The molecule has 1 rings (SSSR count). The summed E-state index contributed by atoms with van der Waals surface area (Å²) in [5.41, 5.74) is 3.00. The van der Waals surface area contributed by atoms with E-state index in [4.69, 9.17) is 0 Å². The van der Waals surface area contributed by atoms with E-state index >= 15 is 0 Å². The first-order valence-electron chi connectivity index (χ1n) is 4.66. The predicted octanol–water partition coefficient (Wildman–Crippen LogP) is 0.832. The fraction of sp³-hybridized carbons (Fsp3) is 0.500. The van der Waals surface area contributed by atoms with Gasteiger partial charge in [0.15, 0.2) is 0 Å². The summed E-state index contributed by atoms with van der Waals surface area (Å²) < 4.78 is 1.78. The number of aromatic nitrogens is 2. The van der Waals surface area contributed by atoms with Gasteiger partial charge >= 0.3 is 0 Å². The molecule has 0 spiro atoms. The van der Waals surface area contributed by atoms with Crippen molar-refractivity contribution in [2.75, 3.05) is 0 Å². The Balaban J connectivity index is 2.73. The third kappa shape index (κ3) is 2.60. The van der Waals surface area contributed by atoms with Gasteiger partial charge in [0.05, 0.1) is 5.69 Å². The standard InChI is InChI=1S/C10H13N3O2/c1-7-9(8(2)13(3)12-7)4-5-10(15)11-6-14/h4-5H2,1-3H3. The van der Waals surface area contributed by atoms with Crippen LogP contribution in [0.1, 0.15) is 23.4 Å². The molecule has 0 fully saturated rings. The smallest absolute Gasteiger partial charge is 0.256 e. The van der Waals surface area contributed by atoms with Crippen molar-refractivity contribution in [3.63, 3.8) is 0 Å². The van der Waals surface area contributed by atoms with Crippen LogP contribution in [0.5, 0.6) is 0 Å². The molecule has 1 aromatic heterocycles. The van der Waals surface area contributed by atoms with Gasteiger partial charge in [0.1, 0.15) is 0 Å². The Labute approximate surface area is 87.8 Å². The van der Waals surface area contributed by atoms with E-state index in [1.54, 1.807) is 4.68 Å². The molecule has 0 N–H and O–H groups in total. The van der Waals surface area contributed by atoms with Crippen LogP contribution in [0.15, 0.2) is 4.99 Å². The van der Waals surface area contributed by atoms with E-state index in [0.717, 1.165) is 17.0 Å². The number of rotatable bonds is 3. The summed E-state index contributed by atoms with van der Waals surface area (Å²) in [6, 6.07) is 0. The van der Waals surface area contributed by atoms with Crippen molar-refractivity contribution in [1.82, 2.24) is 9.78 Å². The number of hydrogen-bond acceptors (Lipinski definition) is 3. The van der Waals surface area contributed by atoms with Gasteiger partial charge in [0, 0.05) is 19.2 Å². The Bertz CT molecular complexity index is 428. The monoisotopic (exact) mass is 207 g/mol. The third-order valence-corrected chi connectivity index (χ3v) is 2.42. The topological polar surface area (TPSA) is 64.3 Å². The summed E-state index contributed by atoms with van der Waals surface area (Å²) in [6.45, 7) is 3.85. The number of carbonyl (C=O) groups excluding carboxylic acids is 2. The van der Waals surface area contributed by atoms with E-state index in [2.05, 4.69) is 10.1 Å². The van der Waals surface area contributed by atoms with Crippen molar-refractivity contribution in [1.29, 1.82) is 0 Å². The number of hydrogen-bond donors (Lipinski definition) is 0. The average Bonchev–Trinajstić information content (AvgIpc) is 2.40. The van der Waals surface area contributed by atoms with Gasteiger partial charge in [-0.3, -0.25) is 9.48 Å². The van der Waals surface area contributed by atoms with Gasteiger partial charge in [-0.15, -0.1) is 4.99 Å². The van der Waals surface area contributed by atoms with Gasteiger partial charge in [-0.05, 0) is 25.8 Å². The third-order valence-electron chi connectivity index (χ3n) is 2.42. The summed E-state index contributed by atoms with van der Waals surface area (Å²) in [5.74, 6) is -0.437. The van der Waals surface area contributed by atoms with Crippen LogP contribution in [0.2, 0.25) is 0 Å². The molecule has 1 heterocycles. The molecule has 0 radical (unpaired) electrons. The molecule has 80 valence electrons. The van der Waals surface area contributed by atoms with Crippen molar-refractivity contribution < 1.29 is 9.59 Å². The van der Waals surface area contributed by atoms with Gasteiger partial charge in [-0.1, -0.05) is 0 Å². The first kappa shape index (κ1) is 11.3. The zero-order valence-corrected chi connectivity index (χ0v) is 9.07. The van der Waals surface area contributed by atoms with Crippen LogP contribution in [0.3, 0.4) is 0 Å². The Kier molecular flexibility index (Phi) is 3.52. The normalized spacial score (nSPS) is 9.80. The predicted molar refractivity (Wildman–Crippen MR) is 54.1 cm³/mol. The van der Waals surface area contributed by atoms with E-state index in [9.17, 15) is 9.59 Å². The lowest BCUT2D eigenvalue weighted by Crippen LogP contribution is -1.99. The number of aryl methyl sites for hydroxylation is 2. The summed E-state index contributed by atoms with van der Waals surface area (Å²) in [5, 5.41) is 4.23. The summed E-state index contributed by atoms with van der Waals surface area (Å²) in [4.78, 5) is 23.9. The van der Waals surface area contributed by atoms with Crippen LogP contribution in [0.25, 0.3) is 0 Å². The first-order valence-corrected chi connectivity index (χ1v) is 4.66. The second-order valence-corrected chi connectivity index (χ2v) is 3.37. The van der Waals surface area contributed by atoms with E-state index in [1.165, 1.54) is 6.08 Å². The minimum atomic E-state index is -0.437. The fourth-order valence-corrected chi connectivity index (χ4v) is 1.52. The van der Waals surface area contributed by atoms with Crippen LogP contribution in [0, 0.1) is 13.8 Å². The quantitative estimate of drug-likeness (QED) is 0.544. The highest BCUT2D eigenvalue weighted by atomic mass is 16.2. The molecule has 0 unspecified atom stereocenters. The number of carbonyl (C=O) groups is 1. The molecule has 0 aliphatic heterocycles. The average molecular weight is 207 g/mol. The highest BCUT2D eigenvalue weighted by Crippen LogP contribution is 2.14. The maximum atomic E-state index is 11.0. The molecule has 0 aliphatic carbocycles. The largest absolute Gasteiger partial charge is 0.272 e.